The van der Waals surface area contributed by atoms with E-state index in [0.717, 1.165) is 29.0 Å². The summed E-state index contributed by atoms with van der Waals surface area (Å²) in [6.45, 7) is 0.597. The maximum Gasteiger partial charge on any atom is 0.120 e. The summed E-state index contributed by atoms with van der Waals surface area (Å²) in [4.78, 5) is 4.44. The molecule has 1 aliphatic heterocycles. The van der Waals surface area contributed by atoms with E-state index >= 15 is 0 Å². The minimum atomic E-state index is 0.597. The lowest BCUT2D eigenvalue weighted by Gasteiger charge is -2.20. The molecule has 0 N–H and O–H groups in total. The van der Waals surface area contributed by atoms with Crippen LogP contribution >= 0.6 is 15.9 Å². The lowest BCUT2D eigenvalue weighted by molar-refractivity contribution is 0.306. The number of fused-ring (bicyclic) bond motifs is 3. The highest BCUT2D eigenvalue weighted by Gasteiger charge is 2.19. The molecule has 4 heteroatoms. The SMILES string of the molecule is Brc1cnc2n1-c1ccc(OCc3ccccc3)cc1CC2. The Balaban J connectivity index is 1.59. The fourth-order valence-corrected chi connectivity index (χ4v) is 3.35. The minimum Gasteiger partial charge on any atom is -0.489 e. The van der Waals surface area contributed by atoms with E-state index in [1.54, 1.807) is 0 Å². The molecule has 110 valence electrons. The second-order valence-electron chi connectivity index (χ2n) is 5.40. The molecule has 1 aliphatic rings. The Labute approximate surface area is 137 Å². The number of aryl methyl sites for hydroxylation is 2. The Morgan fingerprint density at radius 1 is 1.09 bits per heavy atom. The van der Waals surface area contributed by atoms with Crippen LogP contribution in [0.4, 0.5) is 0 Å². The average molecular weight is 355 g/mol. The van der Waals surface area contributed by atoms with E-state index in [2.05, 4.69) is 49.7 Å². The van der Waals surface area contributed by atoms with E-state index in [4.69, 9.17) is 4.74 Å². The second kappa shape index (κ2) is 5.61. The maximum absolute atomic E-state index is 5.92. The van der Waals surface area contributed by atoms with Gasteiger partial charge in [0.15, 0.2) is 0 Å². The summed E-state index contributed by atoms with van der Waals surface area (Å²) >= 11 is 3.57. The molecule has 3 nitrogen and oxygen atoms in total. The van der Waals surface area contributed by atoms with Crippen LogP contribution in [0.25, 0.3) is 5.69 Å². The normalized spacial score (nSPS) is 12.6. The number of nitrogens with zero attached hydrogens (tertiary/aromatic N) is 2. The summed E-state index contributed by atoms with van der Waals surface area (Å²) in [5.41, 5.74) is 3.68. The third-order valence-electron chi connectivity index (χ3n) is 3.95. The van der Waals surface area contributed by atoms with Crippen molar-refractivity contribution in [2.75, 3.05) is 0 Å². The van der Waals surface area contributed by atoms with Crippen LogP contribution in [0.3, 0.4) is 0 Å². The second-order valence-corrected chi connectivity index (χ2v) is 6.21. The van der Waals surface area contributed by atoms with Gasteiger partial charge in [0.05, 0.1) is 11.9 Å². The molecule has 3 aromatic rings. The molecular weight excluding hydrogens is 340 g/mol. The van der Waals surface area contributed by atoms with Crippen molar-refractivity contribution < 1.29 is 4.74 Å². The zero-order chi connectivity index (χ0) is 14.9. The van der Waals surface area contributed by atoms with Gasteiger partial charge in [-0.15, -0.1) is 0 Å². The first kappa shape index (κ1) is 13.6. The molecule has 0 amide bonds. The molecule has 0 bridgehead atoms. The van der Waals surface area contributed by atoms with Gasteiger partial charge in [0.25, 0.3) is 0 Å². The number of rotatable bonds is 3. The Bertz CT molecular complexity index is 811. The Hall–Kier alpha value is -2.07. The van der Waals surface area contributed by atoms with Gasteiger partial charge >= 0.3 is 0 Å². The molecular formula is C18H15BrN2O. The van der Waals surface area contributed by atoms with Gasteiger partial charge in [-0.3, -0.25) is 4.57 Å². The molecule has 4 rings (SSSR count). The number of hydrogen-bond acceptors (Lipinski definition) is 2. The van der Waals surface area contributed by atoms with Crippen molar-refractivity contribution in [3.05, 3.63) is 76.3 Å². The van der Waals surface area contributed by atoms with Gasteiger partial charge in [0.1, 0.15) is 22.8 Å². The van der Waals surface area contributed by atoms with Gasteiger partial charge in [0.2, 0.25) is 0 Å². The fraction of sp³-hybridized carbons (Fsp3) is 0.167. The first-order valence-electron chi connectivity index (χ1n) is 7.33. The lowest BCUT2D eigenvalue weighted by Crippen LogP contribution is -2.12. The van der Waals surface area contributed by atoms with Crippen molar-refractivity contribution in [2.24, 2.45) is 0 Å². The number of benzene rings is 2. The smallest absolute Gasteiger partial charge is 0.120 e. The van der Waals surface area contributed by atoms with Crippen molar-refractivity contribution >= 4 is 15.9 Å². The number of ether oxygens (including phenoxy) is 1. The van der Waals surface area contributed by atoms with E-state index in [-0.39, 0.29) is 0 Å². The van der Waals surface area contributed by atoms with Crippen LogP contribution in [0.1, 0.15) is 17.0 Å². The number of imidazole rings is 1. The summed E-state index contributed by atoms with van der Waals surface area (Å²) in [6.07, 6.45) is 3.83. The van der Waals surface area contributed by atoms with Crippen molar-refractivity contribution in [1.29, 1.82) is 0 Å². The third-order valence-corrected chi connectivity index (χ3v) is 4.51. The summed E-state index contributed by atoms with van der Waals surface area (Å²) in [5, 5.41) is 0. The van der Waals surface area contributed by atoms with Gasteiger partial charge in [-0.25, -0.2) is 4.98 Å². The maximum atomic E-state index is 5.92. The third kappa shape index (κ3) is 2.44. The molecule has 0 fully saturated rings. The highest BCUT2D eigenvalue weighted by Crippen LogP contribution is 2.31. The van der Waals surface area contributed by atoms with Crippen molar-refractivity contribution in [1.82, 2.24) is 9.55 Å². The molecule has 22 heavy (non-hydrogen) atoms. The Morgan fingerprint density at radius 2 is 1.95 bits per heavy atom. The molecule has 0 spiro atoms. The largest absolute Gasteiger partial charge is 0.489 e. The molecule has 2 aromatic carbocycles. The average Bonchev–Trinajstić information content (AvgIpc) is 2.95. The number of hydrogen-bond donors (Lipinski definition) is 0. The van der Waals surface area contributed by atoms with Crippen LogP contribution in [0, 0.1) is 0 Å². The molecule has 0 saturated heterocycles. The van der Waals surface area contributed by atoms with Gasteiger partial charge in [0, 0.05) is 6.42 Å². The van der Waals surface area contributed by atoms with E-state index in [0.29, 0.717) is 6.61 Å². The Morgan fingerprint density at radius 3 is 2.82 bits per heavy atom. The molecule has 0 unspecified atom stereocenters. The van der Waals surface area contributed by atoms with Gasteiger partial charge < -0.3 is 4.74 Å². The zero-order valence-electron chi connectivity index (χ0n) is 12.0. The molecule has 0 atom stereocenters. The van der Waals surface area contributed by atoms with E-state index < -0.39 is 0 Å². The van der Waals surface area contributed by atoms with Crippen LogP contribution in [-0.4, -0.2) is 9.55 Å². The van der Waals surface area contributed by atoms with Crippen molar-refractivity contribution in [3.8, 4) is 11.4 Å². The van der Waals surface area contributed by atoms with Crippen LogP contribution in [0.15, 0.2) is 59.3 Å². The molecule has 0 radical (unpaired) electrons. The number of halogens is 1. The Kier molecular flexibility index (Phi) is 3.47. The molecule has 0 aliphatic carbocycles. The monoisotopic (exact) mass is 354 g/mol. The minimum absolute atomic E-state index is 0.597. The zero-order valence-corrected chi connectivity index (χ0v) is 13.6. The van der Waals surface area contributed by atoms with Crippen LogP contribution < -0.4 is 4.74 Å². The van der Waals surface area contributed by atoms with Crippen LogP contribution in [0.5, 0.6) is 5.75 Å². The number of aromatic nitrogens is 2. The topological polar surface area (TPSA) is 27.1 Å². The quantitative estimate of drug-likeness (QED) is 0.700. The van der Waals surface area contributed by atoms with Crippen LogP contribution in [-0.2, 0) is 19.4 Å². The van der Waals surface area contributed by atoms with Crippen molar-refractivity contribution in [2.45, 2.75) is 19.4 Å². The summed E-state index contributed by atoms with van der Waals surface area (Å²) < 4.78 is 9.09. The van der Waals surface area contributed by atoms with E-state index in [9.17, 15) is 0 Å². The molecule has 1 aromatic heterocycles. The highest BCUT2D eigenvalue weighted by molar-refractivity contribution is 9.10. The van der Waals surface area contributed by atoms with Crippen molar-refractivity contribution in [3.63, 3.8) is 0 Å². The summed E-state index contributed by atoms with van der Waals surface area (Å²) in [7, 11) is 0. The van der Waals surface area contributed by atoms with Gasteiger partial charge in [-0.05, 0) is 51.7 Å². The summed E-state index contributed by atoms with van der Waals surface area (Å²) in [5.74, 6) is 2.03. The van der Waals surface area contributed by atoms with E-state index in [1.165, 1.54) is 16.8 Å². The van der Waals surface area contributed by atoms with Gasteiger partial charge in [-0.2, -0.15) is 0 Å². The standard InChI is InChI=1S/C18H15BrN2O/c19-17-11-20-18-9-6-14-10-15(7-8-16(14)21(17)18)22-12-13-4-2-1-3-5-13/h1-5,7-8,10-11H,6,9,12H2. The first-order chi connectivity index (χ1) is 10.8. The molecule has 0 saturated carbocycles. The lowest BCUT2D eigenvalue weighted by atomic mass is 10.0. The predicted octanol–water partition coefficient (Wildman–Crippen LogP) is 4.31. The summed E-state index contributed by atoms with van der Waals surface area (Å²) in [6, 6.07) is 16.5. The van der Waals surface area contributed by atoms with E-state index in [1.807, 2.05) is 30.5 Å². The van der Waals surface area contributed by atoms with Gasteiger partial charge in [-0.1, -0.05) is 30.3 Å². The van der Waals surface area contributed by atoms with Crippen LogP contribution in [0.2, 0.25) is 0 Å². The molecule has 2 heterocycles. The predicted molar refractivity (Wildman–Crippen MR) is 89.4 cm³/mol. The highest BCUT2D eigenvalue weighted by atomic mass is 79.9. The first-order valence-corrected chi connectivity index (χ1v) is 8.13. The fourth-order valence-electron chi connectivity index (χ4n) is 2.85.